The van der Waals surface area contributed by atoms with E-state index in [2.05, 4.69) is 20.2 Å². The van der Waals surface area contributed by atoms with Gasteiger partial charge in [-0.1, -0.05) is 30.3 Å². The van der Waals surface area contributed by atoms with Gasteiger partial charge in [-0.15, -0.1) is 0 Å². The van der Waals surface area contributed by atoms with Gasteiger partial charge < -0.3 is 19.7 Å². The highest BCUT2D eigenvalue weighted by molar-refractivity contribution is 5.78. The number of carbonyl (C=O) groups is 1. The fourth-order valence-electron chi connectivity index (χ4n) is 3.52. The summed E-state index contributed by atoms with van der Waals surface area (Å²) < 4.78 is 11.4. The Morgan fingerprint density at radius 2 is 1.68 bits per heavy atom. The molecule has 7 nitrogen and oxygen atoms in total. The van der Waals surface area contributed by atoms with E-state index < -0.39 is 0 Å². The van der Waals surface area contributed by atoms with Crippen LogP contribution < -0.4 is 19.7 Å². The third-order valence-corrected chi connectivity index (χ3v) is 5.06. The molecule has 31 heavy (non-hydrogen) atoms. The van der Waals surface area contributed by atoms with Crippen LogP contribution in [0.4, 0.5) is 5.95 Å². The molecule has 1 aliphatic rings. The molecule has 4 rings (SSSR count). The molecule has 3 aromatic rings. The molecule has 1 amide bonds. The Morgan fingerprint density at radius 1 is 0.968 bits per heavy atom. The fourth-order valence-corrected chi connectivity index (χ4v) is 3.52. The maximum Gasteiger partial charge on any atom is 0.258 e. The molecule has 1 unspecified atom stereocenters. The van der Waals surface area contributed by atoms with Gasteiger partial charge in [-0.25, -0.2) is 9.97 Å². The normalized spacial score (nSPS) is 15.9. The van der Waals surface area contributed by atoms with Crippen molar-refractivity contribution in [3.63, 3.8) is 0 Å². The summed E-state index contributed by atoms with van der Waals surface area (Å²) in [6, 6.07) is 19.2. The molecule has 1 aliphatic heterocycles. The molecule has 0 radical (unpaired) electrons. The minimum atomic E-state index is -0.134. The number of rotatable bonds is 8. The SMILES string of the molecule is O=C(COc1ccc(OCc2ccccc2)cc1)NC1CCCN(c2ncccn2)C1. The van der Waals surface area contributed by atoms with Crippen molar-refractivity contribution < 1.29 is 14.3 Å². The zero-order valence-electron chi connectivity index (χ0n) is 17.3. The highest BCUT2D eigenvalue weighted by Gasteiger charge is 2.23. The number of ether oxygens (including phenoxy) is 2. The second kappa shape index (κ2) is 10.4. The van der Waals surface area contributed by atoms with Crippen LogP contribution in [-0.4, -0.2) is 41.6 Å². The van der Waals surface area contributed by atoms with Gasteiger partial charge in [-0.05, 0) is 48.7 Å². The molecule has 1 atom stereocenters. The van der Waals surface area contributed by atoms with E-state index in [0.29, 0.717) is 24.8 Å². The van der Waals surface area contributed by atoms with Gasteiger partial charge in [0.25, 0.3) is 5.91 Å². The predicted molar refractivity (Wildman–Crippen MR) is 118 cm³/mol. The number of carbonyl (C=O) groups excluding carboxylic acids is 1. The summed E-state index contributed by atoms with van der Waals surface area (Å²) in [5, 5.41) is 3.05. The lowest BCUT2D eigenvalue weighted by atomic mass is 10.1. The maximum absolute atomic E-state index is 12.3. The lowest BCUT2D eigenvalue weighted by molar-refractivity contribution is -0.123. The van der Waals surface area contributed by atoms with Crippen molar-refractivity contribution >= 4 is 11.9 Å². The molecule has 1 fully saturated rings. The van der Waals surface area contributed by atoms with Crippen LogP contribution in [0.3, 0.4) is 0 Å². The van der Waals surface area contributed by atoms with Crippen LogP contribution in [0.2, 0.25) is 0 Å². The number of piperidine rings is 1. The van der Waals surface area contributed by atoms with E-state index in [9.17, 15) is 4.79 Å². The molecule has 1 saturated heterocycles. The van der Waals surface area contributed by atoms with E-state index >= 15 is 0 Å². The summed E-state index contributed by atoms with van der Waals surface area (Å²) in [6.07, 6.45) is 5.38. The third-order valence-electron chi connectivity index (χ3n) is 5.06. The average Bonchev–Trinajstić information content (AvgIpc) is 2.83. The molecule has 7 heteroatoms. The standard InChI is InChI=1S/C24H26N4O3/c29-23(27-20-8-4-15-28(16-20)24-25-13-5-14-26-24)18-31-22-11-9-21(10-12-22)30-17-19-6-2-1-3-7-19/h1-3,5-7,9-14,20H,4,8,15-18H2,(H,27,29). The predicted octanol–water partition coefficient (Wildman–Crippen LogP) is 3.22. The van der Waals surface area contributed by atoms with E-state index in [1.165, 1.54) is 0 Å². The zero-order valence-corrected chi connectivity index (χ0v) is 17.3. The highest BCUT2D eigenvalue weighted by atomic mass is 16.5. The molecule has 2 heterocycles. The number of nitrogens with zero attached hydrogens (tertiary/aromatic N) is 3. The fraction of sp³-hybridized carbons (Fsp3) is 0.292. The number of amides is 1. The molecule has 2 aromatic carbocycles. The van der Waals surface area contributed by atoms with Crippen molar-refractivity contribution in [3.05, 3.63) is 78.6 Å². The Morgan fingerprint density at radius 3 is 2.42 bits per heavy atom. The van der Waals surface area contributed by atoms with Crippen LogP contribution in [0.25, 0.3) is 0 Å². The van der Waals surface area contributed by atoms with Crippen molar-refractivity contribution in [1.82, 2.24) is 15.3 Å². The van der Waals surface area contributed by atoms with E-state index in [0.717, 1.165) is 30.7 Å². The quantitative estimate of drug-likeness (QED) is 0.605. The van der Waals surface area contributed by atoms with E-state index in [1.54, 1.807) is 18.5 Å². The van der Waals surface area contributed by atoms with Crippen molar-refractivity contribution in [1.29, 1.82) is 0 Å². The molecule has 1 aromatic heterocycles. The second-order valence-corrected chi connectivity index (χ2v) is 7.44. The lowest BCUT2D eigenvalue weighted by Crippen LogP contribution is -2.49. The van der Waals surface area contributed by atoms with Gasteiger partial charge in [0.2, 0.25) is 5.95 Å². The van der Waals surface area contributed by atoms with Crippen molar-refractivity contribution in [3.8, 4) is 11.5 Å². The molecule has 0 saturated carbocycles. The minimum absolute atomic E-state index is 0.0252. The Bertz CT molecular complexity index is 952. The van der Waals surface area contributed by atoms with Gasteiger partial charge >= 0.3 is 0 Å². The summed E-state index contributed by atoms with van der Waals surface area (Å²) >= 11 is 0. The number of benzene rings is 2. The number of hydrogen-bond donors (Lipinski definition) is 1. The maximum atomic E-state index is 12.3. The molecule has 0 bridgehead atoms. The van der Waals surface area contributed by atoms with Crippen molar-refractivity contribution in [2.75, 3.05) is 24.6 Å². The molecule has 1 N–H and O–H groups in total. The van der Waals surface area contributed by atoms with Gasteiger partial charge in [0.1, 0.15) is 18.1 Å². The lowest BCUT2D eigenvalue weighted by Gasteiger charge is -2.33. The van der Waals surface area contributed by atoms with Crippen molar-refractivity contribution in [2.45, 2.75) is 25.5 Å². The summed E-state index contributed by atoms with van der Waals surface area (Å²) in [7, 11) is 0. The van der Waals surface area contributed by atoms with Gasteiger partial charge in [0.05, 0.1) is 0 Å². The average molecular weight is 418 g/mol. The number of aromatic nitrogens is 2. The topological polar surface area (TPSA) is 76.6 Å². The van der Waals surface area contributed by atoms with Crippen LogP contribution in [0.15, 0.2) is 73.1 Å². The molecular weight excluding hydrogens is 392 g/mol. The summed E-state index contributed by atoms with van der Waals surface area (Å²) in [5.41, 5.74) is 1.11. The smallest absolute Gasteiger partial charge is 0.258 e. The largest absolute Gasteiger partial charge is 0.489 e. The first kappa shape index (κ1) is 20.7. The van der Waals surface area contributed by atoms with Gasteiger partial charge in [-0.3, -0.25) is 4.79 Å². The molecular formula is C24H26N4O3. The van der Waals surface area contributed by atoms with Crippen LogP contribution in [0.1, 0.15) is 18.4 Å². The zero-order chi connectivity index (χ0) is 21.3. The first-order valence-electron chi connectivity index (χ1n) is 10.5. The minimum Gasteiger partial charge on any atom is -0.489 e. The first-order chi connectivity index (χ1) is 15.3. The van der Waals surface area contributed by atoms with Crippen molar-refractivity contribution in [2.24, 2.45) is 0 Å². The van der Waals surface area contributed by atoms with Gasteiger partial charge in [-0.2, -0.15) is 0 Å². The van der Waals surface area contributed by atoms with Crippen LogP contribution >= 0.6 is 0 Å². The Balaban J connectivity index is 1.20. The third kappa shape index (κ3) is 6.18. The van der Waals surface area contributed by atoms with E-state index in [-0.39, 0.29) is 18.6 Å². The van der Waals surface area contributed by atoms with E-state index in [1.807, 2.05) is 54.6 Å². The summed E-state index contributed by atoms with van der Waals surface area (Å²) in [5.74, 6) is 1.95. The molecule has 0 aliphatic carbocycles. The number of nitrogens with one attached hydrogen (secondary N) is 1. The number of anilines is 1. The van der Waals surface area contributed by atoms with Gasteiger partial charge in [0.15, 0.2) is 6.61 Å². The molecule has 0 spiro atoms. The summed E-state index contributed by atoms with van der Waals surface area (Å²) in [6.45, 7) is 2.08. The Hall–Kier alpha value is -3.61. The Labute approximate surface area is 182 Å². The highest BCUT2D eigenvalue weighted by Crippen LogP contribution is 2.19. The van der Waals surface area contributed by atoms with Crippen LogP contribution in [0, 0.1) is 0 Å². The number of hydrogen-bond acceptors (Lipinski definition) is 6. The van der Waals surface area contributed by atoms with Crippen LogP contribution in [-0.2, 0) is 11.4 Å². The first-order valence-corrected chi connectivity index (χ1v) is 10.5. The second-order valence-electron chi connectivity index (χ2n) is 7.44. The Kier molecular flexibility index (Phi) is 6.95. The van der Waals surface area contributed by atoms with E-state index in [4.69, 9.17) is 9.47 Å². The molecule has 160 valence electrons. The monoisotopic (exact) mass is 418 g/mol. The van der Waals surface area contributed by atoms with Crippen LogP contribution in [0.5, 0.6) is 11.5 Å². The summed E-state index contributed by atoms with van der Waals surface area (Å²) in [4.78, 5) is 23.0. The van der Waals surface area contributed by atoms with Gasteiger partial charge in [0, 0.05) is 31.5 Å².